The first-order chi connectivity index (χ1) is 11.3. The summed E-state index contributed by atoms with van der Waals surface area (Å²) in [6.07, 6.45) is -0.977. The third-order valence-corrected chi connectivity index (χ3v) is 4.84. The van der Waals surface area contributed by atoms with Gasteiger partial charge in [-0.05, 0) is 25.1 Å². The van der Waals surface area contributed by atoms with Crippen LogP contribution in [0.4, 0.5) is 10.8 Å². The Bertz CT molecular complexity index is 736. The van der Waals surface area contributed by atoms with Crippen LogP contribution >= 0.6 is 46.3 Å². The lowest BCUT2D eigenvalue weighted by Gasteiger charge is -2.13. The lowest BCUT2D eigenvalue weighted by atomic mass is 10.3. The molecule has 1 aromatic carbocycles. The maximum Gasteiger partial charge on any atom is 0.317 e. The van der Waals surface area contributed by atoms with Crippen molar-refractivity contribution in [3.05, 3.63) is 28.2 Å². The summed E-state index contributed by atoms with van der Waals surface area (Å²) in [4.78, 5) is 23.8. The molecule has 0 aliphatic heterocycles. The number of hydrogen-bond acceptors (Lipinski definition) is 8. The Kier molecular flexibility index (Phi) is 6.67. The van der Waals surface area contributed by atoms with Crippen LogP contribution in [0, 0.1) is 0 Å². The van der Waals surface area contributed by atoms with Gasteiger partial charge in [-0.15, -0.1) is 10.2 Å². The summed E-state index contributed by atoms with van der Waals surface area (Å²) in [5.41, 5.74) is 5.86. The number of nitrogen functional groups attached to an aromatic ring is 1. The van der Waals surface area contributed by atoms with Crippen molar-refractivity contribution in [1.29, 1.82) is 0 Å². The summed E-state index contributed by atoms with van der Waals surface area (Å²) < 4.78 is 5.61. The molecule has 128 valence electrons. The SMILES string of the molecule is CC(OC(=O)CSc1nnc(N)s1)C(=O)Nc1cc(Cl)cc(Cl)c1. The van der Waals surface area contributed by atoms with E-state index < -0.39 is 18.0 Å². The number of nitrogens with zero attached hydrogens (tertiary/aromatic N) is 2. The lowest BCUT2D eigenvalue weighted by Crippen LogP contribution is -2.30. The molecule has 0 saturated carbocycles. The first kappa shape index (κ1) is 18.8. The molecule has 0 radical (unpaired) electrons. The van der Waals surface area contributed by atoms with Crippen LogP contribution in [0.2, 0.25) is 10.0 Å². The first-order valence-corrected chi connectivity index (χ1v) is 9.07. The molecule has 2 aromatic rings. The smallest absolute Gasteiger partial charge is 0.317 e. The number of aromatic nitrogens is 2. The van der Waals surface area contributed by atoms with Gasteiger partial charge in [-0.3, -0.25) is 9.59 Å². The minimum absolute atomic E-state index is 0.00472. The van der Waals surface area contributed by atoms with Gasteiger partial charge in [-0.25, -0.2) is 0 Å². The third-order valence-electron chi connectivity index (χ3n) is 2.54. The molecule has 0 aliphatic carbocycles. The van der Waals surface area contributed by atoms with E-state index in [2.05, 4.69) is 15.5 Å². The highest BCUT2D eigenvalue weighted by atomic mass is 35.5. The number of carbonyl (C=O) groups excluding carboxylic acids is 2. The number of benzene rings is 1. The zero-order chi connectivity index (χ0) is 17.7. The second-order valence-corrected chi connectivity index (χ2v) is 7.58. The number of amides is 1. The van der Waals surface area contributed by atoms with Gasteiger partial charge in [0.25, 0.3) is 5.91 Å². The van der Waals surface area contributed by atoms with Gasteiger partial charge in [-0.2, -0.15) is 0 Å². The summed E-state index contributed by atoms with van der Waals surface area (Å²) in [5.74, 6) is -1.05. The fourth-order valence-electron chi connectivity index (χ4n) is 1.55. The molecule has 1 amide bonds. The summed E-state index contributed by atoms with van der Waals surface area (Å²) in [6.45, 7) is 1.47. The molecule has 1 heterocycles. The normalized spacial score (nSPS) is 11.8. The fourth-order valence-corrected chi connectivity index (χ4v) is 3.50. The Labute approximate surface area is 155 Å². The number of thioether (sulfide) groups is 1. The summed E-state index contributed by atoms with van der Waals surface area (Å²) in [5, 5.41) is 11.1. The van der Waals surface area contributed by atoms with Crippen molar-refractivity contribution in [3.63, 3.8) is 0 Å². The number of carbonyl (C=O) groups is 2. The molecule has 0 saturated heterocycles. The van der Waals surface area contributed by atoms with Crippen molar-refractivity contribution in [1.82, 2.24) is 10.2 Å². The van der Waals surface area contributed by atoms with Gasteiger partial charge >= 0.3 is 5.97 Å². The Balaban J connectivity index is 1.83. The molecular formula is C13H12Cl2N4O3S2. The predicted octanol–water partition coefficient (Wildman–Crippen LogP) is 3.09. The third kappa shape index (κ3) is 5.82. The van der Waals surface area contributed by atoms with Crippen molar-refractivity contribution in [2.75, 3.05) is 16.8 Å². The lowest BCUT2D eigenvalue weighted by molar-refractivity contribution is -0.150. The minimum atomic E-state index is -0.977. The van der Waals surface area contributed by atoms with Crippen molar-refractivity contribution in [2.24, 2.45) is 0 Å². The first-order valence-electron chi connectivity index (χ1n) is 6.51. The Morgan fingerprint density at radius 1 is 1.33 bits per heavy atom. The Hall–Kier alpha value is -1.55. The maximum atomic E-state index is 12.0. The molecule has 2 rings (SSSR count). The monoisotopic (exact) mass is 406 g/mol. The van der Waals surface area contributed by atoms with E-state index in [1.165, 1.54) is 30.4 Å². The molecule has 0 bridgehead atoms. The topological polar surface area (TPSA) is 107 Å². The zero-order valence-electron chi connectivity index (χ0n) is 12.3. The molecule has 7 nitrogen and oxygen atoms in total. The Morgan fingerprint density at radius 2 is 2.00 bits per heavy atom. The highest BCUT2D eigenvalue weighted by Crippen LogP contribution is 2.24. The van der Waals surface area contributed by atoms with E-state index in [0.717, 1.165) is 11.8 Å². The largest absolute Gasteiger partial charge is 0.452 e. The molecule has 1 atom stereocenters. The number of ether oxygens (including phenoxy) is 1. The number of hydrogen-bond donors (Lipinski definition) is 2. The minimum Gasteiger partial charge on any atom is -0.452 e. The molecular weight excluding hydrogens is 395 g/mol. The van der Waals surface area contributed by atoms with Crippen molar-refractivity contribution >= 4 is 69.0 Å². The number of nitrogens with two attached hydrogens (primary N) is 1. The van der Waals surface area contributed by atoms with Gasteiger partial charge in [0.15, 0.2) is 10.4 Å². The summed E-state index contributed by atoms with van der Waals surface area (Å²) in [6, 6.07) is 4.62. The van der Waals surface area contributed by atoms with E-state index in [1.807, 2.05) is 0 Å². The fraction of sp³-hybridized carbons (Fsp3) is 0.231. The molecule has 0 spiro atoms. The van der Waals surface area contributed by atoms with E-state index in [4.69, 9.17) is 33.7 Å². The van der Waals surface area contributed by atoms with Crippen molar-refractivity contribution in [3.8, 4) is 0 Å². The van der Waals surface area contributed by atoms with Crippen molar-refractivity contribution in [2.45, 2.75) is 17.4 Å². The van der Waals surface area contributed by atoms with Crippen LogP contribution in [0.25, 0.3) is 0 Å². The number of nitrogens with one attached hydrogen (secondary N) is 1. The van der Waals surface area contributed by atoms with Gasteiger partial charge in [0.1, 0.15) is 0 Å². The highest BCUT2D eigenvalue weighted by Gasteiger charge is 2.19. The van der Waals surface area contributed by atoms with Crippen LogP contribution in [-0.2, 0) is 14.3 Å². The highest BCUT2D eigenvalue weighted by molar-refractivity contribution is 8.01. The predicted molar refractivity (Wildman–Crippen MR) is 95.7 cm³/mol. The van der Waals surface area contributed by atoms with Crippen LogP contribution in [0.5, 0.6) is 0 Å². The van der Waals surface area contributed by atoms with Crippen LogP contribution in [0.1, 0.15) is 6.92 Å². The van der Waals surface area contributed by atoms with E-state index >= 15 is 0 Å². The van der Waals surface area contributed by atoms with Gasteiger partial charge in [0, 0.05) is 15.7 Å². The summed E-state index contributed by atoms with van der Waals surface area (Å²) in [7, 11) is 0. The second kappa shape index (κ2) is 8.52. The van der Waals surface area contributed by atoms with Crippen LogP contribution in [-0.4, -0.2) is 33.9 Å². The molecule has 0 fully saturated rings. The van der Waals surface area contributed by atoms with Gasteiger partial charge in [0.05, 0.1) is 5.75 Å². The van der Waals surface area contributed by atoms with Crippen LogP contribution in [0.15, 0.2) is 22.5 Å². The molecule has 24 heavy (non-hydrogen) atoms. The van der Waals surface area contributed by atoms with E-state index in [-0.39, 0.29) is 5.75 Å². The van der Waals surface area contributed by atoms with E-state index in [0.29, 0.717) is 25.2 Å². The number of rotatable bonds is 6. The van der Waals surface area contributed by atoms with E-state index in [9.17, 15) is 9.59 Å². The van der Waals surface area contributed by atoms with E-state index in [1.54, 1.807) is 6.07 Å². The molecule has 1 aromatic heterocycles. The van der Waals surface area contributed by atoms with Crippen molar-refractivity contribution < 1.29 is 14.3 Å². The number of esters is 1. The maximum absolute atomic E-state index is 12.0. The molecule has 0 aliphatic rings. The average molecular weight is 407 g/mol. The second-order valence-electron chi connectivity index (χ2n) is 4.47. The van der Waals surface area contributed by atoms with Gasteiger partial charge < -0.3 is 15.8 Å². The number of anilines is 2. The quantitative estimate of drug-likeness (QED) is 0.560. The average Bonchev–Trinajstić information content (AvgIpc) is 2.89. The van der Waals surface area contributed by atoms with Gasteiger partial charge in [-0.1, -0.05) is 46.3 Å². The van der Waals surface area contributed by atoms with Crippen LogP contribution < -0.4 is 11.1 Å². The Morgan fingerprint density at radius 3 is 2.58 bits per heavy atom. The zero-order valence-corrected chi connectivity index (χ0v) is 15.4. The van der Waals surface area contributed by atoms with Crippen LogP contribution in [0.3, 0.4) is 0 Å². The molecule has 1 unspecified atom stereocenters. The molecule has 3 N–H and O–H groups in total. The molecule has 11 heteroatoms. The van der Waals surface area contributed by atoms with Gasteiger partial charge in [0.2, 0.25) is 5.13 Å². The summed E-state index contributed by atoms with van der Waals surface area (Å²) >= 11 is 14.0. The number of halogens is 2. The standard InChI is InChI=1S/C13H12Cl2N4O3S2/c1-6(11(21)17-9-3-7(14)2-8(15)4-9)22-10(20)5-23-13-19-18-12(16)24-13/h2-4,6H,5H2,1H3,(H2,16,18)(H,17,21).